The highest BCUT2D eigenvalue weighted by molar-refractivity contribution is 7.89. The smallest absolute Gasteiger partial charge is 0.243 e. The predicted octanol–water partition coefficient (Wildman–Crippen LogP) is 2.69. The Hall–Kier alpha value is -1.93. The summed E-state index contributed by atoms with van der Waals surface area (Å²) < 4.78 is 26.9. The maximum absolute atomic E-state index is 13.0. The first-order chi connectivity index (χ1) is 13.7. The first kappa shape index (κ1) is 21.8. The van der Waals surface area contributed by atoms with Crippen LogP contribution in [0.1, 0.15) is 46.0 Å². The van der Waals surface area contributed by atoms with Gasteiger partial charge >= 0.3 is 0 Å². The van der Waals surface area contributed by atoms with Gasteiger partial charge in [0.25, 0.3) is 0 Å². The zero-order valence-electron chi connectivity index (χ0n) is 17.4. The number of carbonyl (C=O) groups excluding carboxylic acids is 2. The van der Waals surface area contributed by atoms with Gasteiger partial charge in [-0.05, 0) is 55.4 Å². The zero-order valence-corrected chi connectivity index (χ0v) is 18.2. The minimum absolute atomic E-state index is 0.102. The lowest BCUT2D eigenvalue weighted by molar-refractivity contribution is -0.139. The Morgan fingerprint density at radius 3 is 2.45 bits per heavy atom. The summed E-state index contributed by atoms with van der Waals surface area (Å²) in [6.07, 6.45) is 5.50. The molecular weight excluding hydrogens is 390 g/mol. The van der Waals surface area contributed by atoms with Gasteiger partial charge in [-0.15, -0.1) is 0 Å². The Kier molecular flexibility index (Phi) is 6.63. The minimum Gasteiger partial charge on any atom is -0.338 e. The fraction of sp³-hybridized carbons (Fsp3) is 0.619. The normalized spacial score (nSPS) is 24.8. The lowest BCUT2D eigenvalue weighted by Gasteiger charge is -2.47. The van der Waals surface area contributed by atoms with Crippen LogP contribution in [0.25, 0.3) is 0 Å². The van der Waals surface area contributed by atoms with Crippen molar-refractivity contribution in [2.45, 2.75) is 56.9 Å². The van der Waals surface area contributed by atoms with Crippen LogP contribution < -0.4 is 5.32 Å². The van der Waals surface area contributed by atoms with Crippen LogP contribution >= 0.6 is 0 Å². The molecular formula is C21H31N3O4S. The van der Waals surface area contributed by atoms with E-state index in [9.17, 15) is 18.0 Å². The maximum Gasteiger partial charge on any atom is 0.243 e. The predicted molar refractivity (Wildman–Crippen MR) is 112 cm³/mol. The number of piperidine rings is 1. The van der Waals surface area contributed by atoms with Crippen molar-refractivity contribution in [3.05, 3.63) is 24.3 Å². The molecule has 1 aliphatic carbocycles. The van der Waals surface area contributed by atoms with Crippen molar-refractivity contribution in [1.29, 1.82) is 0 Å². The molecule has 0 bridgehead atoms. The molecule has 1 saturated carbocycles. The van der Waals surface area contributed by atoms with E-state index < -0.39 is 10.0 Å². The van der Waals surface area contributed by atoms with Crippen LogP contribution in [0.4, 0.5) is 5.69 Å². The molecule has 0 radical (unpaired) electrons. The third-order valence-corrected chi connectivity index (χ3v) is 8.12. The molecule has 1 aromatic carbocycles. The summed E-state index contributed by atoms with van der Waals surface area (Å²) >= 11 is 0. The summed E-state index contributed by atoms with van der Waals surface area (Å²) in [5.41, 5.74) is 0.529. The van der Waals surface area contributed by atoms with E-state index in [0.29, 0.717) is 24.1 Å². The molecule has 8 heteroatoms. The Morgan fingerprint density at radius 2 is 1.79 bits per heavy atom. The number of hydrogen-bond acceptors (Lipinski definition) is 4. The van der Waals surface area contributed by atoms with Crippen molar-refractivity contribution in [3.8, 4) is 0 Å². The van der Waals surface area contributed by atoms with Crippen LogP contribution in [0.15, 0.2) is 29.2 Å². The van der Waals surface area contributed by atoms with Gasteiger partial charge in [0, 0.05) is 32.2 Å². The van der Waals surface area contributed by atoms with E-state index in [2.05, 4.69) is 12.2 Å². The molecule has 3 atom stereocenters. The number of benzene rings is 1. The number of likely N-dealkylation sites (tertiary alicyclic amines) is 1. The highest BCUT2D eigenvalue weighted by Crippen LogP contribution is 2.38. The molecule has 2 amide bonds. The molecule has 3 rings (SSSR count). The van der Waals surface area contributed by atoms with Gasteiger partial charge in [-0.3, -0.25) is 9.59 Å². The molecule has 7 nitrogen and oxygen atoms in total. The molecule has 2 aliphatic rings. The number of hydrogen-bond donors (Lipinski definition) is 1. The molecule has 1 saturated heterocycles. The average molecular weight is 422 g/mol. The number of carbonyl (C=O) groups is 2. The van der Waals surface area contributed by atoms with Crippen LogP contribution in [0.5, 0.6) is 0 Å². The number of amides is 2. The molecule has 0 aromatic heterocycles. The maximum atomic E-state index is 13.0. The van der Waals surface area contributed by atoms with Crippen molar-refractivity contribution >= 4 is 27.5 Å². The van der Waals surface area contributed by atoms with Gasteiger partial charge in [-0.1, -0.05) is 19.8 Å². The second-order valence-electron chi connectivity index (χ2n) is 8.34. The van der Waals surface area contributed by atoms with E-state index >= 15 is 0 Å². The van der Waals surface area contributed by atoms with Crippen molar-refractivity contribution in [1.82, 2.24) is 9.21 Å². The standard InChI is InChI=1S/C21H31N3O4S/c1-15-12-13-24(20-7-5-4-6-19(15)20)21(26)14-23(3)29(27,28)18-10-8-17(9-11-18)22-16(2)25/h8-11,15,19-20H,4-7,12-14H2,1-3H3,(H,22,25)/t15-,19+,20+/m0/s1. The molecule has 0 spiro atoms. The molecule has 1 heterocycles. The van der Waals surface area contributed by atoms with E-state index in [1.807, 2.05) is 4.90 Å². The molecule has 0 unspecified atom stereocenters. The third kappa shape index (κ3) is 4.80. The number of anilines is 1. The summed E-state index contributed by atoms with van der Waals surface area (Å²) in [6.45, 7) is 4.21. The Bertz CT molecular complexity index is 853. The number of fused-ring (bicyclic) bond motifs is 1. The van der Waals surface area contributed by atoms with E-state index in [-0.39, 0.29) is 29.3 Å². The van der Waals surface area contributed by atoms with Crippen LogP contribution in [0.2, 0.25) is 0 Å². The number of likely N-dealkylation sites (N-methyl/N-ethyl adjacent to an activating group) is 1. The lowest BCUT2D eigenvalue weighted by Crippen LogP contribution is -2.54. The Balaban J connectivity index is 1.68. The van der Waals surface area contributed by atoms with Gasteiger partial charge in [0.05, 0.1) is 11.4 Å². The van der Waals surface area contributed by atoms with Gasteiger partial charge in [-0.25, -0.2) is 8.42 Å². The first-order valence-electron chi connectivity index (χ1n) is 10.3. The summed E-state index contributed by atoms with van der Waals surface area (Å²) in [4.78, 5) is 26.1. The van der Waals surface area contributed by atoms with Gasteiger partial charge in [0.2, 0.25) is 21.8 Å². The zero-order chi connectivity index (χ0) is 21.2. The summed E-state index contributed by atoms with van der Waals surface area (Å²) in [5, 5.41) is 2.61. The van der Waals surface area contributed by atoms with E-state index in [0.717, 1.165) is 30.0 Å². The third-order valence-electron chi connectivity index (χ3n) is 6.30. The highest BCUT2D eigenvalue weighted by Gasteiger charge is 2.40. The fourth-order valence-corrected chi connectivity index (χ4v) is 5.80. The van der Waals surface area contributed by atoms with Gasteiger partial charge < -0.3 is 10.2 Å². The highest BCUT2D eigenvalue weighted by atomic mass is 32.2. The van der Waals surface area contributed by atoms with E-state index in [1.165, 1.54) is 32.5 Å². The van der Waals surface area contributed by atoms with E-state index in [1.54, 1.807) is 12.1 Å². The summed E-state index contributed by atoms with van der Waals surface area (Å²) in [6, 6.07) is 6.22. The largest absolute Gasteiger partial charge is 0.338 e. The van der Waals surface area contributed by atoms with Crippen LogP contribution in [-0.2, 0) is 19.6 Å². The topological polar surface area (TPSA) is 86.8 Å². The minimum atomic E-state index is -3.78. The van der Waals surface area contributed by atoms with Crippen molar-refractivity contribution in [3.63, 3.8) is 0 Å². The molecule has 160 valence electrons. The fourth-order valence-electron chi connectivity index (χ4n) is 4.68. The summed E-state index contributed by atoms with van der Waals surface area (Å²) in [7, 11) is -2.34. The molecule has 1 aromatic rings. The second-order valence-corrected chi connectivity index (χ2v) is 10.4. The first-order valence-corrected chi connectivity index (χ1v) is 11.8. The Labute approximate surface area is 173 Å². The second kappa shape index (κ2) is 8.83. The van der Waals surface area contributed by atoms with Crippen LogP contribution in [0.3, 0.4) is 0 Å². The quantitative estimate of drug-likeness (QED) is 0.792. The van der Waals surface area contributed by atoms with Gasteiger partial charge in [0.1, 0.15) is 0 Å². The van der Waals surface area contributed by atoms with E-state index in [4.69, 9.17) is 0 Å². The van der Waals surface area contributed by atoms with Gasteiger partial charge in [-0.2, -0.15) is 4.31 Å². The SMILES string of the molecule is CC(=O)Nc1ccc(S(=O)(=O)N(C)CC(=O)N2CC[C@H](C)[C@H]3CCCC[C@H]32)cc1. The summed E-state index contributed by atoms with van der Waals surface area (Å²) in [5.74, 6) is 0.813. The number of nitrogens with zero attached hydrogens (tertiary/aromatic N) is 2. The van der Waals surface area contributed by atoms with Gasteiger partial charge in [0.15, 0.2) is 0 Å². The molecule has 1 N–H and O–H groups in total. The number of nitrogens with one attached hydrogen (secondary N) is 1. The monoisotopic (exact) mass is 421 g/mol. The van der Waals surface area contributed by atoms with Crippen molar-refractivity contribution < 1.29 is 18.0 Å². The lowest BCUT2D eigenvalue weighted by atomic mass is 9.72. The number of rotatable bonds is 5. The number of sulfonamides is 1. The Morgan fingerprint density at radius 1 is 1.14 bits per heavy atom. The molecule has 1 aliphatic heterocycles. The molecule has 2 fully saturated rings. The molecule has 29 heavy (non-hydrogen) atoms. The van der Waals surface area contributed by atoms with Crippen LogP contribution in [-0.4, -0.2) is 55.6 Å². The van der Waals surface area contributed by atoms with Crippen molar-refractivity contribution in [2.75, 3.05) is 25.5 Å². The van der Waals surface area contributed by atoms with Crippen molar-refractivity contribution in [2.24, 2.45) is 11.8 Å². The van der Waals surface area contributed by atoms with Crippen LogP contribution in [0, 0.1) is 11.8 Å². The average Bonchev–Trinajstić information content (AvgIpc) is 2.68.